The highest BCUT2D eigenvalue weighted by Crippen LogP contribution is 2.38. The number of hydrogen-bond donors (Lipinski definition) is 1. The molecule has 0 spiro atoms. The monoisotopic (exact) mass is 672 g/mol. The summed E-state index contributed by atoms with van der Waals surface area (Å²) in [4.78, 5) is 23.1. The SMILES string of the molecule is Cc1cc(/C=C(/C#N)C(=O)Nc2ccc(I)cc2)c(C)n1-c1ccc(Oc2ccc(C(F)(F)F)cc2[N+](=O)[O-])cc1. The molecule has 0 unspecified atom stereocenters. The number of halogens is 4. The van der Waals surface area contributed by atoms with Gasteiger partial charge in [-0.25, -0.2) is 0 Å². The van der Waals surface area contributed by atoms with Crippen molar-refractivity contribution < 1.29 is 27.6 Å². The molecule has 0 atom stereocenters. The van der Waals surface area contributed by atoms with E-state index in [1.165, 1.54) is 18.2 Å². The van der Waals surface area contributed by atoms with E-state index in [-0.39, 0.29) is 17.1 Å². The number of rotatable bonds is 7. The molecule has 0 fully saturated rings. The Kier molecular flexibility index (Phi) is 8.48. The third kappa shape index (κ3) is 6.75. The van der Waals surface area contributed by atoms with Gasteiger partial charge in [0.25, 0.3) is 5.91 Å². The van der Waals surface area contributed by atoms with E-state index in [2.05, 4.69) is 27.9 Å². The van der Waals surface area contributed by atoms with Crippen LogP contribution in [0.15, 0.2) is 78.4 Å². The Labute approximate surface area is 246 Å². The topological polar surface area (TPSA) is 110 Å². The molecule has 1 aromatic heterocycles. The Morgan fingerprint density at radius 1 is 1.07 bits per heavy atom. The van der Waals surface area contributed by atoms with Crippen LogP contribution in [0, 0.1) is 38.9 Å². The lowest BCUT2D eigenvalue weighted by Gasteiger charge is -2.12. The van der Waals surface area contributed by atoms with Gasteiger partial charge in [0.1, 0.15) is 17.4 Å². The Morgan fingerprint density at radius 2 is 1.73 bits per heavy atom. The molecule has 4 rings (SSSR count). The molecule has 0 saturated heterocycles. The zero-order chi connectivity index (χ0) is 29.9. The highest BCUT2D eigenvalue weighted by molar-refractivity contribution is 14.1. The summed E-state index contributed by atoms with van der Waals surface area (Å²) in [5.74, 6) is -0.695. The number of alkyl halides is 3. The second-order valence-corrected chi connectivity index (χ2v) is 10.1. The number of anilines is 1. The first-order chi connectivity index (χ1) is 19.4. The van der Waals surface area contributed by atoms with Crippen LogP contribution >= 0.6 is 22.6 Å². The fourth-order valence-electron chi connectivity index (χ4n) is 4.08. The summed E-state index contributed by atoms with van der Waals surface area (Å²) >= 11 is 2.15. The smallest absolute Gasteiger partial charge is 0.416 e. The summed E-state index contributed by atoms with van der Waals surface area (Å²) < 4.78 is 47.4. The first-order valence-corrected chi connectivity index (χ1v) is 13.0. The van der Waals surface area contributed by atoms with E-state index in [4.69, 9.17) is 4.74 Å². The Hall–Kier alpha value is -4.64. The predicted molar refractivity (Wildman–Crippen MR) is 155 cm³/mol. The summed E-state index contributed by atoms with van der Waals surface area (Å²) in [5, 5.41) is 23.7. The quantitative estimate of drug-likeness (QED) is 0.0705. The number of hydrogen-bond acceptors (Lipinski definition) is 5. The zero-order valence-corrected chi connectivity index (χ0v) is 23.6. The number of nitro benzene ring substituents is 1. The van der Waals surface area contributed by atoms with Crippen LogP contribution in [0.2, 0.25) is 0 Å². The standard InChI is InChI=1S/C29H20F3IN4O4/c1-17-13-19(14-20(16-34)28(38)35-23-6-4-22(33)5-7-23)18(2)36(17)24-8-10-25(11-9-24)41-27-12-3-21(29(30,31)32)15-26(27)37(39)40/h3-15H,1-2H3,(H,35,38)/b20-14-. The van der Waals surface area contributed by atoms with Gasteiger partial charge in [-0.05, 0) is 115 Å². The van der Waals surface area contributed by atoms with Crippen LogP contribution in [-0.4, -0.2) is 15.4 Å². The van der Waals surface area contributed by atoms with Gasteiger partial charge in [-0.1, -0.05) is 0 Å². The van der Waals surface area contributed by atoms with Gasteiger partial charge in [-0.15, -0.1) is 0 Å². The summed E-state index contributed by atoms with van der Waals surface area (Å²) in [6.45, 7) is 3.67. The van der Waals surface area contributed by atoms with Crippen molar-refractivity contribution in [2.45, 2.75) is 20.0 Å². The average Bonchev–Trinajstić information content (AvgIpc) is 3.20. The fraction of sp³-hybridized carbons (Fsp3) is 0.103. The van der Waals surface area contributed by atoms with Gasteiger partial charge < -0.3 is 14.6 Å². The van der Waals surface area contributed by atoms with Crippen molar-refractivity contribution in [2.24, 2.45) is 0 Å². The lowest BCUT2D eigenvalue weighted by Crippen LogP contribution is -2.13. The van der Waals surface area contributed by atoms with Crippen LogP contribution in [-0.2, 0) is 11.0 Å². The van der Waals surface area contributed by atoms with E-state index in [1.807, 2.05) is 42.7 Å². The van der Waals surface area contributed by atoms with Crippen LogP contribution in [0.25, 0.3) is 11.8 Å². The second kappa shape index (κ2) is 11.8. The molecule has 8 nitrogen and oxygen atoms in total. The lowest BCUT2D eigenvalue weighted by molar-refractivity contribution is -0.385. The molecule has 3 aromatic carbocycles. The maximum Gasteiger partial charge on any atom is 0.416 e. The van der Waals surface area contributed by atoms with Crippen LogP contribution in [0.5, 0.6) is 11.5 Å². The van der Waals surface area contributed by atoms with Crippen molar-refractivity contribution in [2.75, 3.05) is 5.32 Å². The summed E-state index contributed by atoms with van der Waals surface area (Å²) in [5.41, 5.74) is 1.41. The molecule has 1 N–H and O–H groups in total. The number of nitrogens with zero attached hydrogens (tertiary/aromatic N) is 3. The van der Waals surface area contributed by atoms with Crippen molar-refractivity contribution in [1.29, 1.82) is 5.26 Å². The summed E-state index contributed by atoms with van der Waals surface area (Å²) in [6, 6.07) is 19.4. The average molecular weight is 672 g/mol. The van der Waals surface area contributed by atoms with E-state index in [9.17, 15) is 33.3 Å². The Morgan fingerprint density at radius 3 is 2.32 bits per heavy atom. The van der Waals surface area contributed by atoms with E-state index in [0.717, 1.165) is 21.0 Å². The van der Waals surface area contributed by atoms with Gasteiger partial charge in [-0.3, -0.25) is 14.9 Å². The van der Waals surface area contributed by atoms with Crippen LogP contribution < -0.4 is 10.1 Å². The fourth-order valence-corrected chi connectivity index (χ4v) is 4.44. The van der Waals surface area contributed by atoms with Crippen molar-refractivity contribution in [3.8, 4) is 23.3 Å². The minimum absolute atomic E-state index is 0.0781. The van der Waals surface area contributed by atoms with Crippen LogP contribution in [0.3, 0.4) is 0 Å². The number of aromatic nitrogens is 1. The predicted octanol–water partition coefficient (Wildman–Crippen LogP) is 7.96. The molecule has 4 aromatic rings. The number of ether oxygens (including phenoxy) is 1. The summed E-state index contributed by atoms with van der Waals surface area (Å²) in [7, 11) is 0. The molecule has 0 radical (unpaired) electrons. The van der Waals surface area contributed by atoms with Crippen LogP contribution in [0.4, 0.5) is 24.5 Å². The molecule has 41 heavy (non-hydrogen) atoms. The van der Waals surface area contributed by atoms with Crippen LogP contribution in [0.1, 0.15) is 22.5 Å². The number of aryl methyl sites for hydroxylation is 1. The van der Waals surface area contributed by atoms with Gasteiger partial charge in [0.05, 0.1) is 10.5 Å². The number of amides is 1. The van der Waals surface area contributed by atoms with E-state index < -0.39 is 28.3 Å². The Bertz CT molecular complexity index is 1700. The minimum Gasteiger partial charge on any atom is -0.450 e. The van der Waals surface area contributed by atoms with Crippen molar-refractivity contribution in [3.63, 3.8) is 0 Å². The largest absolute Gasteiger partial charge is 0.450 e. The molecule has 0 saturated carbocycles. The zero-order valence-electron chi connectivity index (χ0n) is 21.5. The normalized spacial score (nSPS) is 11.6. The minimum atomic E-state index is -4.73. The van der Waals surface area contributed by atoms with Crippen molar-refractivity contribution in [1.82, 2.24) is 4.57 Å². The molecule has 12 heteroatoms. The van der Waals surface area contributed by atoms with E-state index in [1.54, 1.807) is 24.3 Å². The first kappa shape index (κ1) is 29.3. The Balaban J connectivity index is 1.57. The molecule has 0 aliphatic heterocycles. The maximum absolute atomic E-state index is 13.0. The summed E-state index contributed by atoms with van der Waals surface area (Å²) in [6.07, 6.45) is -3.23. The third-order valence-electron chi connectivity index (χ3n) is 6.04. The molecule has 1 heterocycles. The molecule has 1 amide bonds. The molecule has 0 aliphatic carbocycles. The molecule has 0 bridgehead atoms. The van der Waals surface area contributed by atoms with Gasteiger partial charge in [0.15, 0.2) is 0 Å². The maximum atomic E-state index is 13.0. The third-order valence-corrected chi connectivity index (χ3v) is 6.76. The number of benzene rings is 3. The van der Waals surface area contributed by atoms with E-state index in [0.29, 0.717) is 29.1 Å². The first-order valence-electron chi connectivity index (χ1n) is 11.9. The molecule has 0 aliphatic rings. The van der Waals surface area contributed by atoms with Gasteiger partial charge in [0.2, 0.25) is 5.75 Å². The number of nitrogens with one attached hydrogen (secondary N) is 1. The van der Waals surface area contributed by atoms with Gasteiger partial charge in [0, 0.05) is 32.4 Å². The highest BCUT2D eigenvalue weighted by atomic mass is 127. The molecular formula is C29H20F3IN4O4. The van der Waals surface area contributed by atoms with Gasteiger partial charge >= 0.3 is 11.9 Å². The number of carbonyl (C=O) groups is 1. The van der Waals surface area contributed by atoms with Gasteiger partial charge in [-0.2, -0.15) is 18.4 Å². The number of nitriles is 1. The molecular weight excluding hydrogens is 652 g/mol. The highest BCUT2D eigenvalue weighted by Gasteiger charge is 2.33. The molecule has 208 valence electrons. The van der Waals surface area contributed by atoms with Crippen molar-refractivity contribution in [3.05, 3.63) is 115 Å². The second-order valence-electron chi connectivity index (χ2n) is 8.83. The lowest BCUT2D eigenvalue weighted by atomic mass is 10.1. The van der Waals surface area contributed by atoms with E-state index >= 15 is 0 Å². The van der Waals surface area contributed by atoms with Crippen molar-refractivity contribution >= 4 is 45.9 Å². The number of carbonyl (C=O) groups excluding carboxylic acids is 1. The number of nitro groups is 1.